The van der Waals surface area contributed by atoms with Crippen LogP contribution in [-0.2, 0) is 19.4 Å². The highest BCUT2D eigenvalue weighted by Crippen LogP contribution is 2.29. The Bertz CT molecular complexity index is 1340. The Morgan fingerprint density at radius 1 is 1.03 bits per heavy atom. The molecule has 7 heteroatoms. The maximum atomic E-state index is 13.4. The van der Waals surface area contributed by atoms with E-state index in [0.29, 0.717) is 11.4 Å². The first kappa shape index (κ1) is 21.9. The van der Waals surface area contributed by atoms with Crippen molar-refractivity contribution < 1.29 is 4.79 Å². The maximum Gasteiger partial charge on any atom is 0.266 e. The number of thiazole rings is 1. The summed E-state index contributed by atoms with van der Waals surface area (Å²) in [5, 5.41) is 6.23. The van der Waals surface area contributed by atoms with E-state index in [-0.39, 0.29) is 5.91 Å². The van der Waals surface area contributed by atoms with Gasteiger partial charge in [0.05, 0.1) is 11.4 Å². The Morgan fingerprint density at radius 3 is 2.52 bits per heavy atom. The van der Waals surface area contributed by atoms with E-state index < -0.39 is 0 Å². The fourth-order valence-electron chi connectivity index (χ4n) is 4.41. The summed E-state index contributed by atoms with van der Waals surface area (Å²) >= 11 is 7.45. The number of hydrogen-bond donors (Lipinski definition) is 0. The molecule has 0 fully saturated rings. The summed E-state index contributed by atoms with van der Waals surface area (Å²) in [7, 11) is 0. The van der Waals surface area contributed by atoms with Gasteiger partial charge in [-0.05, 0) is 56.0 Å². The average molecular weight is 477 g/mol. The quantitative estimate of drug-likeness (QED) is 0.380. The van der Waals surface area contributed by atoms with Gasteiger partial charge < -0.3 is 4.90 Å². The third-order valence-electron chi connectivity index (χ3n) is 6.31. The molecule has 0 radical (unpaired) electrons. The van der Waals surface area contributed by atoms with Crippen molar-refractivity contribution in [3.05, 3.63) is 97.8 Å². The lowest BCUT2D eigenvalue weighted by molar-refractivity contribution is 0.0738. The van der Waals surface area contributed by atoms with Crippen LogP contribution in [0.3, 0.4) is 0 Å². The number of benzene rings is 2. The molecule has 2 aromatic carbocycles. The SMILES string of the molecule is Cc1nc(-n2nc(C)c(Cc3ccc(Cl)cc3)c2C)sc1C(=O)N1CCc2ccccc2C1. The number of hydrogen-bond acceptors (Lipinski definition) is 4. The molecule has 0 aliphatic carbocycles. The summed E-state index contributed by atoms with van der Waals surface area (Å²) in [5.74, 6) is 0.0497. The van der Waals surface area contributed by atoms with Crippen molar-refractivity contribution in [3.63, 3.8) is 0 Å². The van der Waals surface area contributed by atoms with E-state index in [1.54, 1.807) is 0 Å². The number of aryl methyl sites for hydroxylation is 2. The van der Waals surface area contributed by atoms with Gasteiger partial charge in [-0.2, -0.15) is 5.10 Å². The molecular weight excluding hydrogens is 452 g/mol. The number of carbonyl (C=O) groups is 1. The van der Waals surface area contributed by atoms with Crippen LogP contribution in [0.5, 0.6) is 0 Å². The van der Waals surface area contributed by atoms with E-state index in [1.165, 1.54) is 33.6 Å². The first-order chi connectivity index (χ1) is 15.9. The van der Waals surface area contributed by atoms with E-state index in [4.69, 9.17) is 21.7 Å². The van der Waals surface area contributed by atoms with E-state index in [9.17, 15) is 4.79 Å². The molecule has 0 bridgehead atoms. The average Bonchev–Trinajstić information content (AvgIpc) is 3.34. The van der Waals surface area contributed by atoms with E-state index in [2.05, 4.69) is 25.1 Å². The van der Waals surface area contributed by atoms with Crippen LogP contribution in [0.4, 0.5) is 0 Å². The highest BCUT2D eigenvalue weighted by atomic mass is 35.5. The minimum Gasteiger partial charge on any atom is -0.333 e. The van der Waals surface area contributed by atoms with Gasteiger partial charge in [0.15, 0.2) is 0 Å². The molecule has 0 unspecified atom stereocenters. The summed E-state index contributed by atoms with van der Waals surface area (Å²) in [6.07, 6.45) is 1.66. The standard InChI is InChI=1S/C26H25ClN4OS/c1-16-23(14-19-8-10-22(27)11-9-19)18(3)31(29-16)26-28-17(2)24(33-26)25(32)30-13-12-20-6-4-5-7-21(20)15-30/h4-11H,12-15H2,1-3H3. The molecule has 0 atom stereocenters. The zero-order valence-electron chi connectivity index (χ0n) is 18.9. The number of carbonyl (C=O) groups excluding carboxylic acids is 1. The third kappa shape index (κ3) is 4.21. The van der Waals surface area contributed by atoms with Gasteiger partial charge in [0.1, 0.15) is 4.88 Å². The van der Waals surface area contributed by atoms with Crippen LogP contribution in [0.1, 0.15) is 49.0 Å². The van der Waals surface area contributed by atoms with Crippen LogP contribution in [0.2, 0.25) is 5.02 Å². The first-order valence-corrected chi connectivity index (χ1v) is 12.2. The summed E-state index contributed by atoms with van der Waals surface area (Å²) in [5.41, 5.74) is 7.68. The summed E-state index contributed by atoms with van der Waals surface area (Å²) in [6.45, 7) is 7.36. The molecule has 1 amide bonds. The van der Waals surface area contributed by atoms with Gasteiger partial charge in [-0.15, -0.1) is 0 Å². The Kier molecular flexibility index (Phi) is 5.81. The highest BCUT2D eigenvalue weighted by Gasteiger charge is 2.26. The summed E-state index contributed by atoms with van der Waals surface area (Å²) < 4.78 is 1.88. The Morgan fingerprint density at radius 2 is 1.76 bits per heavy atom. The second-order valence-electron chi connectivity index (χ2n) is 8.52. The van der Waals surface area contributed by atoms with Crippen molar-refractivity contribution >= 4 is 28.8 Å². The van der Waals surface area contributed by atoms with Crippen LogP contribution in [-0.4, -0.2) is 32.1 Å². The van der Waals surface area contributed by atoms with Crippen molar-refractivity contribution in [3.8, 4) is 5.13 Å². The van der Waals surface area contributed by atoms with Crippen molar-refractivity contribution in [1.29, 1.82) is 0 Å². The van der Waals surface area contributed by atoms with E-state index in [1.807, 2.05) is 53.8 Å². The first-order valence-electron chi connectivity index (χ1n) is 11.0. The minimum atomic E-state index is 0.0497. The molecule has 0 N–H and O–H groups in total. The van der Waals surface area contributed by atoms with E-state index in [0.717, 1.165) is 46.6 Å². The molecule has 5 nitrogen and oxygen atoms in total. The monoisotopic (exact) mass is 476 g/mol. The molecule has 5 rings (SSSR count). The molecule has 0 saturated carbocycles. The molecule has 168 valence electrons. The number of nitrogens with zero attached hydrogens (tertiary/aromatic N) is 4. The lowest BCUT2D eigenvalue weighted by atomic mass is 10.00. The van der Waals surface area contributed by atoms with Gasteiger partial charge in [0.25, 0.3) is 5.91 Å². The number of halogens is 1. The molecule has 4 aromatic rings. The zero-order valence-corrected chi connectivity index (χ0v) is 20.5. The zero-order chi connectivity index (χ0) is 23.1. The van der Waals surface area contributed by atoms with E-state index >= 15 is 0 Å². The van der Waals surface area contributed by atoms with Gasteiger partial charge in [-0.3, -0.25) is 4.79 Å². The molecule has 33 heavy (non-hydrogen) atoms. The van der Waals surface area contributed by atoms with Gasteiger partial charge in [0, 0.05) is 35.8 Å². The van der Waals surface area contributed by atoms with Crippen molar-refractivity contribution in [2.75, 3.05) is 6.54 Å². The van der Waals surface area contributed by atoms with Gasteiger partial charge >= 0.3 is 0 Å². The molecular formula is C26H25ClN4OS. The number of amides is 1. The molecule has 1 aliphatic rings. The largest absolute Gasteiger partial charge is 0.333 e. The lowest BCUT2D eigenvalue weighted by Crippen LogP contribution is -2.35. The lowest BCUT2D eigenvalue weighted by Gasteiger charge is -2.28. The Balaban J connectivity index is 1.41. The Hall–Kier alpha value is -2.96. The Labute approximate surface area is 202 Å². The second kappa shape index (κ2) is 8.76. The molecule has 1 aliphatic heterocycles. The third-order valence-corrected chi connectivity index (χ3v) is 7.69. The van der Waals surface area contributed by atoms with Gasteiger partial charge in [-0.25, -0.2) is 9.67 Å². The molecule has 0 spiro atoms. The molecule has 2 aromatic heterocycles. The van der Waals surface area contributed by atoms with Crippen LogP contribution < -0.4 is 0 Å². The fraction of sp³-hybridized carbons (Fsp3) is 0.269. The predicted molar refractivity (Wildman–Crippen MR) is 133 cm³/mol. The van der Waals surface area contributed by atoms with Crippen LogP contribution in [0, 0.1) is 20.8 Å². The normalized spacial score (nSPS) is 13.3. The molecule has 3 heterocycles. The maximum absolute atomic E-state index is 13.4. The number of aromatic nitrogens is 3. The summed E-state index contributed by atoms with van der Waals surface area (Å²) in [6, 6.07) is 16.3. The fourth-order valence-corrected chi connectivity index (χ4v) is 5.57. The smallest absolute Gasteiger partial charge is 0.266 e. The predicted octanol–water partition coefficient (Wildman–Crippen LogP) is 5.70. The van der Waals surface area contributed by atoms with Crippen LogP contribution >= 0.6 is 22.9 Å². The summed E-state index contributed by atoms with van der Waals surface area (Å²) in [4.78, 5) is 20.7. The van der Waals surface area contributed by atoms with Crippen molar-refractivity contribution in [1.82, 2.24) is 19.7 Å². The minimum absolute atomic E-state index is 0.0497. The number of rotatable bonds is 4. The van der Waals surface area contributed by atoms with Crippen molar-refractivity contribution in [2.45, 2.75) is 40.2 Å². The second-order valence-corrected chi connectivity index (χ2v) is 9.93. The highest BCUT2D eigenvalue weighted by molar-refractivity contribution is 7.16. The van der Waals surface area contributed by atoms with Crippen LogP contribution in [0.15, 0.2) is 48.5 Å². The van der Waals surface area contributed by atoms with Gasteiger partial charge in [0.2, 0.25) is 5.13 Å². The van der Waals surface area contributed by atoms with Crippen LogP contribution in [0.25, 0.3) is 5.13 Å². The topological polar surface area (TPSA) is 51.0 Å². The number of fused-ring (bicyclic) bond motifs is 1. The van der Waals surface area contributed by atoms with Gasteiger partial charge in [-0.1, -0.05) is 59.3 Å². The molecule has 0 saturated heterocycles. The van der Waals surface area contributed by atoms with Crippen molar-refractivity contribution in [2.24, 2.45) is 0 Å².